The third-order valence-corrected chi connectivity index (χ3v) is 4.88. The molecule has 0 atom stereocenters. The van der Waals surface area contributed by atoms with Gasteiger partial charge in [0.15, 0.2) is 16.8 Å². The Labute approximate surface area is 162 Å². The van der Waals surface area contributed by atoms with Crippen molar-refractivity contribution in [2.45, 2.75) is 25.0 Å². The molecule has 1 heterocycles. The number of ketones is 1. The summed E-state index contributed by atoms with van der Waals surface area (Å²) in [5.41, 5.74) is 7.47. The van der Waals surface area contributed by atoms with Crippen LogP contribution < -0.4 is 10.5 Å². The molecule has 0 amide bonds. The highest BCUT2D eigenvalue weighted by molar-refractivity contribution is 7.99. The SMILES string of the molecule is CCOc1ccc(-n2c(CN)nnc2SCCC(=O)c2ccccc2)cc1. The Bertz CT molecular complexity index is 879. The molecule has 3 aromatic rings. The Morgan fingerprint density at radius 2 is 1.85 bits per heavy atom. The van der Waals surface area contributed by atoms with Crippen molar-refractivity contribution in [3.63, 3.8) is 0 Å². The lowest BCUT2D eigenvalue weighted by atomic mass is 10.1. The van der Waals surface area contributed by atoms with Crippen molar-refractivity contribution in [3.8, 4) is 11.4 Å². The van der Waals surface area contributed by atoms with E-state index in [1.54, 1.807) is 0 Å². The monoisotopic (exact) mass is 382 g/mol. The van der Waals surface area contributed by atoms with E-state index in [2.05, 4.69) is 10.2 Å². The number of hydrogen-bond donors (Lipinski definition) is 1. The lowest BCUT2D eigenvalue weighted by Crippen LogP contribution is -2.08. The van der Waals surface area contributed by atoms with Crippen molar-refractivity contribution in [2.24, 2.45) is 5.73 Å². The Balaban J connectivity index is 1.71. The van der Waals surface area contributed by atoms with Crippen LogP contribution in [0, 0.1) is 0 Å². The van der Waals surface area contributed by atoms with Crippen LogP contribution in [0.15, 0.2) is 59.8 Å². The summed E-state index contributed by atoms with van der Waals surface area (Å²) in [7, 11) is 0. The average molecular weight is 382 g/mol. The number of thioether (sulfide) groups is 1. The predicted octanol–water partition coefficient (Wildman–Crippen LogP) is 3.49. The summed E-state index contributed by atoms with van der Waals surface area (Å²) in [6.07, 6.45) is 0.433. The van der Waals surface area contributed by atoms with Crippen LogP contribution in [0.5, 0.6) is 5.75 Å². The summed E-state index contributed by atoms with van der Waals surface area (Å²) in [6, 6.07) is 17.0. The normalized spacial score (nSPS) is 10.7. The molecule has 0 spiro atoms. The zero-order valence-electron chi connectivity index (χ0n) is 15.2. The first-order valence-corrected chi connectivity index (χ1v) is 9.80. The van der Waals surface area contributed by atoms with E-state index in [4.69, 9.17) is 10.5 Å². The fraction of sp³-hybridized carbons (Fsp3) is 0.250. The first kappa shape index (κ1) is 19.1. The number of benzene rings is 2. The highest BCUT2D eigenvalue weighted by atomic mass is 32.2. The number of ether oxygens (including phenoxy) is 1. The van der Waals surface area contributed by atoms with E-state index in [0.717, 1.165) is 22.2 Å². The van der Waals surface area contributed by atoms with Crippen LogP contribution in [0.4, 0.5) is 0 Å². The Hall–Kier alpha value is -2.64. The summed E-state index contributed by atoms with van der Waals surface area (Å²) >= 11 is 1.50. The molecular formula is C20H22N4O2S. The molecule has 140 valence electrons. The van der Waals surface area contributed by atoms with E-state index >= 15 is 0 Å². The standard InChI is InChI=1S/C20H22N4O2S/c1-2-26-17-10-8-16(9-11-17)24-19(14-21)22-23-20(24)27-13-12-18(25)15-6-4-3-5-7-15/h3-11H,2,12-14,21H2,1H3. The van der Waals surface area contributed by atoms with Gasteiger partial charge in [-0.05, 0) is 31.2 Å². The van der Waals surface area contributed by atoms with Crippen molar-refractivity contribution in [3.05, 3.63) is 66.0 Å². The molecule has 3 rings (SSSR count). The van der Waals surface area contributed by atoms with Gasteiger partial charge in [0.1, 0.15) is 5.75 Å². The van der Waals surface area contributed by atoms with Gasteiger partial charge >= 0.3 is 0 Å². The molecular weight excluding hydrogens is 360 g/mol. The molecule has 0 aliphatic heterocycles. The molecule has 2 N–H and O–H groups in total. The molecule has 27 heavy (non-hydrogen) atoms. The van der Waals surface area contributed by atoms with Crippen LogP contribution in [-0.4, -0.2) is 32.9 Å². The minimum absolute atomic E-state index is 0.120. The third kappa shape index (κ3) is 4.75. The van der Waals surface area contributed by atoms with E-state index in [1.807, 2.05) is 66.1 Å². The fourth-order valence-corrected chi connectivity index (χ4v) is 3.56. The van der Waals surface area contributed by atoms with Crippen molar-refractivity contribution >= 4 is 17.5 Å². The molecule has 0 unspecified atom stereocenters. The first-order valence-electron chi connectivity index (χ1n) is 8.81. The molecule has 0 radical (unpaired) electrons. The second-order valence-electron chi connectivity index (χ2n) is 5.75. The van der Waals surface area contributed by atoms with Gasteiger partial charge in [-0.1, -0.05) is 42.1 Å². The van der Waals surface area contributed by atoms with Crippen molar-refractivity contribution < 1.29 is 9.53 Å². The van der Waals surface area contributed by atoms with E-state index in [9.17, 15) is 4.79 Å². The zero-order valence-corrected chi connectivity index (χ0v) is 16.0. The van der Waals surface area contributed by atoms with E-state index in [1.165, 1.54) is 11.8 Å². The lowest BCUT2D eigenvalue weighted by Gasteiger charge is -2.10. The zero-order chi connectivity index (χ0) is 19.1. The minimum atomic E-state index is 0.120. The molecule has 6 nitrogen and oxygen atoms in total. The maximum atomic E-state index is 12.3. The third-order valence-electron chi connectivity index (χ3n) is 3.94. The van der Waals surface area contributed by atoms with Crippen LogP contribution in [0.1, 0.15) is 29.5 Å². The van der Waals surface area contributed by atoms with Crippen LogP contribution in [0.2, 0.25) is 0 Å². The summed E-state index contributed by atoms with van der Waals surface area (Å²) in [5.74, 6) is 2.23. The van der Waals surface area contributed by atoms with Gasteiger partial charge < -0.3 is 10.5 Å². The maximum Gasteiger partial charge on any atom is 0.195 e. The van der Waals surface area contributed by atoms with Gasteiger partial charge in [0.25, 0.3) is 0 Å². The largest absolute Gasteiger partial charge is 0.494 e. The number of hydrogen-bond acceptors (Lipinski definition) is 6. The number of aromatic nitrogens is 3. The number of Topliss-reactive ketones (excluding diaryl/α,β-unsaturated/α-hetero) is 1. The molecule has 0 aliphatic rings. The van der Waals surface area contributed by atoms with E-state index < -0.39 is 0 Å². The van der Waals surface area contributed by atoms with Gasteiger partial charge in [0.2, 0.25) is 0 Å². The van der Waals surface area contributed by atoms with E-state index in [0.29, 0.717) is 24.6 Å². The summed E-state index contributed by atoms with van der Waals surface area (Å²) in [4.78, 5) is 12.3. The van der Waals surface area contributed by atoms with Gasteiger partial charge in [-0.2, -0.15) is 0 Å². The summed E-state index contributed by atoms with van der Waals surface area (Å²) in [5, 5.41) is 9.14. The van der Waals surface area contributed by atoms with Crippen molar-refractivity contribution in [2.75, 3.05) is 12.4 Å². The second-order valence-corrected chi connectivity index (χ2v) is 6.81. The molecule has 7 heteroatoms. The number of nitrogens with two attached hydrogens (primary N) is 1. The molecule has 0 saturated heterocycles. The van der Waals surface area contributed by atoms with Crippen molar-refractivity contribution in [1.82, 2.24) is 14.8 Å². The summed E-state index contributed by atoms with van der Waals surface area (Å²) < 4.78 is 7.41. The summed E-state index contributed by atoms with van der Waals surface area (Å²) in [6.45, 7) is 2.85. The molecule has 0 aliphatic carbocycles. The topological polar surface area (TPSA) is 83.0 Å². The second kappa shape index (κ2) is 9.34. The highest BCUT2D eigenvalue weighted by Gasteiger charge is 2.14. The Morgan fingerprint density at radius 3 is 2.52 bits per heavy atom. The first-order chi connectivity index (χ1) is 13.2. The Morgan fingerprint density at radius 1 is 1.11 bits per heavy atom. The maximum absolute atomic E-state index is 12.3. The van der Waals surface area contributed by atoms with Gasteiger partial charge in [-0.25, -0.2) is 0 Å². The molecule has 0 bridgehead atoms. The number of carbonyl (C=O) groups excluding carboxylic acids is 1. The molecule has 0 saturated carbocycles. The van der Waals surface area contributed by atoms with Crippen molar-refractivity contribution in [1.29, 1.82) is 0 Å². The van der Waals surface area contributed by atoms with Gasteiger partial charge in [0, 0.05) is 23.4 Å². The quantitative estimate of drug-likeness (QED) is 0.451. The number of rotatable bonds is 9. The molecule has 2 aromatic carbocycles. The van der Waals surface area contributed by atoms with Gasteiger partial charge in [-0.3, -0.25) is 9.36 Å². The number of carbonyl (C=O) groups is 1. The van der Waals surface area contributed by atoms with Crippen LogP contribution in [-0.2, 0) is 6.54 Å². The fourth-order valence-electron chi connectivity index (χ4n) is 2.65. The minimum Gasteiger partial charge on any atom is -0.494 e. The predicted molar refractivity (Wildman–Crippen MR) is 107 cm³/mol. The number of nitrogens with zero attached hydrogens (tertiary/aromatic N) is 3. The average Bonchev–Trinajstić information content (AvgIpc) is 3.12. The van der Waals surface area contributed by atoms with Gasteiger partial charge in [-0.15, -0.1) is 10.2 Å². The highest BCUT2D eigenvalue weighted by Crippen LogP contribution is 2.24. The van der Waals surface area contributed by atoms with Gasteiger partial charge in [0.05, 0.1) is 13.2 Å². The smallest absolute Gasteiger partial charge is 0.195 e. The molecule has 1 aromatic heterocycles. The molecule has 0 fully saturated rings. The van der Waals surface area contributed by atoms with Crippen LogP contribution in [0.3, 0.4) is 0 Å². The lowest BCUT2D eigenvalue weighted by molar-refractivity contribution is 0.0989. The Kier molecular flexibility index (Phi) is 6.62. The van der Waals surface area contributed by atoms with E-state index in [-0.39, 0.29) is 12.3 Å². The van der Waals surface area contributed by atoms with Crippen LogP contribution in [0.25, 0.3) is 5.69 Å². The van der Waals surface area contributed by atoms with Crippen LogP contribution >= 0.6 is 11.8 Å².